The molecule has 1 aliphatic heterocycles. The molecule has 2 aliphatic carbocycles. The van der Waals surface area contributed by atoms with Gasteiger partial charge in [0.25, 0.3) is 5.91 Å². The van der Waals surface area contributed by atoms with Gasteiger partial charge in [-0.1, -0.05) is 18.2 Å². The third-order valence-electron chi connectivity index (χ3n) is 7.19. The largest absolute Gasteiger partial charge is 0.483 e. The molecule has 1 amide bonds. The average molecular weight is 549 g/mol. The van der Waals surface area contributed by atoms with Crippen molar-refractivity contribution in [1.82, 2.24) is 4.90 Å². The molecule has 0 saturated heterocycles. The lowest BCUT2D eigenvalue weighted by atomic mass is 9.71. The third-order valence-corrected chi connectivity index (χ3v) is 7.81. The van der Waals surface area contributed by atoms with Crippen molar-refractivity contribution in [3.8, 4) is 5.75 Å². The number of nitrogens with one attached hydrogen (secondary N) is 1. The van der Waals surface area contributed by atoms with Gasteiger partial charge < -0.3 is 15.0 Å². The van der Waals surface area contributed by atoms with Gasteiger partial charge in [-0.15, -0.1) is 0 Å². The van der Waals surface area contributed by atoms with E-state index in [1.807, 2.05) is 50.4 Å². The number of hydrogen-bond acceptors (Lipinski definition) is 5. The van der Waals surface area contributed by atoms with Gasteiger partial charge in [-0.3, -0.25) is 14.4 Å². The van der Waals surface area contributed by atoms with Gasteiger partial charge in [-0.05, 0) is 83.9 Å². The number of allylic oxidation sites excluding steroid dienone is 4. The zero-order valence-electron chi connectivity index (χ0n) is 20.5. The quantitative estimate of drug-likeness (QED) is 0.509. The summed E-state index contributed by atoms with van der Waals surface area (Å²) in [7, 11) is 1.99. The molecule has 5 rings (SSSR count). The van der Waals surface area contributed by atoms with Crippen LogP contribution in [0.1, 0.15) is 55.6 Å². The van der Waals surface area contributed by atoms with Crippen LogP contribution in [0.25, 0.3) is 0 Å². The highest BCUT2D eigenvalue weighted by Crippen LogP contribution is 2.49. The van der Waals surface area contributed by atoms with Crippen LogP contribution in [-0.4, -0.2) is 36.0 Å². The number of anilines is 1. The number of halogens is 1. The second-order valence-electron chi connectivity index (χ2n) is 9.66. The number of Topliss-reactive ketones (excluding diaryl/α,β-unsaturated/α-hetero) is 2. The molecule has 0 atom stereocenters. The van der Waals surface area contributed by atoms with Crippen LogP contribution in [0.2, 0.25) is 0 Å². The van der Waals surface area contributed by atoms with Gasteiger partial charge in [-0.2, -0.15) is 0 Å². The first kappa shape index (κ1) is 24.5. The van der Waals surface area contributed by atoms with Gasteiger partial charge in [0.2, 0.25) is 0 Å². The van der Waals surface area contributed by atoms with Gasteiger partial charge in [0.1, 0.15) is 5.75 Å². The van der Waals surface area contributed by atoms with Gasteiger partial charge in [0.05, 0.1) is 4.47 Å². The summed E-state index contributed by atoms with van der Waals surface area (Å²) in [6.45, 7) is 1.83. The predicted octanol–water partition coefficient (Wildman–Crippen LogP) is 5.82. The highest BCUT2D eigenvalue weighted by Gasteiger charge is 2.42. The maximum atomic E-state index is 13.1. The number of rotatable bonds is 5. The van der Waals surface area contributed by atoms with Crippen molar-refractivity contribution in [2.45, 2.75) is 51.4 Å². The lowest BCUT2D eigenvalue weighted by Gasteiger charge is -2.42. The fourth-order valence-electron chi connectivity index (χ4n) is 5.56. The van der Waals surface area contributed by atoms with E-state index in [4.69, 9.17) is 4.74 Å². The number of carbonyl (C=O) groups is 3. The van der Waals surface area contributed by atoms with E-state index in [9.17, 15) is 14.4 Å². The topological polar surface area (TPSA) is 75.7 Å². The minimum atomic E-state index is -0.359. The number of ketones is 2. The van der Waals surface area contributed by atoms with E-state index in [0.29, 0.717) is 23.1 Å². The normalized spacial score (nSPS) is 18.2. The first-order chi connectivity index (χ1) is 17.3. The molecule has 0 fully saturated rings. The number of hydrogen-bond donors (Lipinski definition) is 1. The smallest absolute Gasteiger partial charge is 0.262 e. The fraction of sp³-hybridized carbons (Fsp3) is 0.345. The van der Waals surface area contributed by atoms with Crippen molar-refractivity contribution >= 4 is 39.1 Å². The summed E-state index contributed by atoms with van der Waals surface area (Å²) in [6.07, 6.45) is 4.39. The predicted molar refractivity (Wildman–Crippen MR) is 142 cm³/mol. The van der Waals surface area contributed by atoms with Gasteiger partial charge in [-0.25, -0.2) is 0 Å². The van der Waals surface area contributed by atoms with Gasteiger partial charge >= 0.3 is 0 Å². The Balaban J connectivity index is 1.40. The molecule has 0 unspecified atom stereocenters. The molecule has 186 valence electrons. The van der Waals surface area contributed by atoms with Crippen LogP contribution in [0.5, 0.6) is 5.75 Å². The van der Waals surface area contributed by atoms with Crippen LogP contribution in [-0.2, 0) is 14.4 Å². The number of amides is 1. The summed E-state index contributed by atoms with van der Waals surface area (Å²) >= 11 is 3.59. The Hall–Kier alpha value is -3.19. The van der Waals surface area contributed by atoms with Gasteiger partial charge in [0, 0.05) is 54.0 Å². The monoisotopic (exact) mass is 548 g/mol. The second-order valence-corrected chi connectivity index (χ2v) is 10.5. The summed E-state index contributed by atoms with van der Waals surface area (Å²) in [6, 6.07) is 13.2. The van der Waals surface area contributed by atoms with Crippen LogP contribution in [0.4, 0.5) is 5.69 Å². The molecule has 0 bridgehead atoms. The summed E-state index contributed by atoms with van der Waals surface area (Å²) in [5.74, 6) is 0.169. The molecule has 0 aromatic heterocycles. The molecule has 7 heteroatoms. The Morgan fingerprint density at radius 2 is 1.67 bits per heavy atom. The molecule has 1 N–H and O–H groups in total. The Bertz CT molecular complexity index is 1280. The Labute approximate surface area is 219 Å². The Morgan fingerprint density at radius 3 is 2.28 bits per heavy atom. The maximum Gasteiger partial charge on any atom is 0.262 e. The van der Waals surface area contributed by atoms with Crippen molar-refractivity contribution in [3.05, 3.63) is 80.6 Å². The van der Waals surface area contributed by atoms with Crippen molar-refractivity contribution in [2.24, 2.45) is 0 Å². The van der Waals surface area contributed by atoms with Crippen molar-refractivity contribution in [2.75, 3.05) is 19.0 Å². The number of carbonyl (C=O) groups excluding carboxylic acids is 3. The lowest BCUT2D eigenvalue weighted by molar-refractivity contribution is -0.118. The van der Waals surface area contributed by atoms with Crippen LogP contribution in [0, 0.1) is 6.92 Å². The lowest BCUT2D eigenvalue weighted by Crippen LogP contribution is -2.37. The molecule has 2 aromatic rings. The Morgan fingerprint density at radius 1 is 1.00 bits per heavy atom. The van der Waals surface area contributed by atoms with E-state index in [2.05, 4.69) is 26.1 Å². The molecule has 0 spiro atoms. The molecular weight excluding hydrogens is 520 g/mol. The standard InChI is InChI=1S/C29H29BrN2O4/c1-17-6-3-7-19(14-17)31-26(35)16-36-25-13-12-18(15-20(25)30)27-28-21(8-4-10-23(28)33)32(2)22-9-5-11-24(34)29(22)27/h3,6-7,12-15,27H,4-5,8-11,16H2,1-2H3,(H,31,35). The molecular formula is C29H29BrN2O4. The SMILES string of the molecule is Cc1cccc(NC(=O)COc2ccc(C3C4=C(CCCC4=O)N(C)C4=C3C(=O)CCC4)cc2Br)c1. The minimum Gasteiger partial charge on any atom is -0.483 e. The van der Waals surface area contributed by atoms with E-state index in [0.717, 1.165) is 65.0 Å². The van der Waals surface area contributed by atoms with Crippen LogP contribution in [0.3, 0.4) is 0 Å². The molecule has 0 saturated carbocycles. The van der Waals surface area contributed by atoms with Gasteiger partial charge in [0.15, 0.2) is 18.2 Å². The highest BCUT2D eigenvalue weighted by molar-refractivity contribution is 9.10. The van der Waals surface area contributed by atoms with Crippen molar-refractivity contribution in [1.29, 1.82) is 0 Å². The Kier molecular flexibility index (Phi) is 6.84. The highest BCUT2D eigenvalue weighted by atomic mass is 79.9. The molecule has 6 nitrogen and oxygen atoms in total. The number of benzene rings is 2. The first-order valence-electron chi connectivity index (χ1n) is 12.4. The van der Waals surface area contributed by atoms with E-state index in [-0.39, 0.29) is 30.0 Å². The third kappa shape index (κ3) is 4.64. The van der Waals surface area contributed by atoms with E-state index in [1.165, 1.54) is 0 Å². The maximum absolute atomic E-state index is 13.1. The zero-order valence-corrected chi connectivity index (χ0v) is 22.1. The fourth-order valence-corrected chi connectivity index (χ4v) is 6.07. The molecule has 3 aliphatic rings. The zero-order chi connectivity index (χ0) is 25.4. The van der Waals surface area contributed by atoms with Crippen LogP contribution < -0.4 is 10.1 Å². The summed E-state index contributed by atoms with van der Waals surface area (Å²) in [5.41, 5.74) is 6.29. The van der Waals surface area contributed by atoms with Crippen LogP contribution >= 0.6 is 15.9 Å². The second kappa shape index (κ2) is 10.1. The molecule has 36 heavy (non-hydrogen) atoms. The molecule has 2 aromatic carbocycles. The van der Waals surface area contributed by atoms with Crippen molar-refractivity contribution in [3.63, 3.8) is 0 Å². The average Bonchev–Trinajstić information content (AvgIpc) is 2.84. The summed E-state index contributed by atoms with van der Waals surface area (Å²) < 4.78 is 6.47. The summed E-state index contributed by atoms with van der Waals surface area (Å²) in [5, 5.41) is 2.84. The number of aryl methyl sites for hydroxylation is 1. The minimum absolute atomic E-state index is 0.127. The van der Waals surface area contributed by atoms with Crippen LogP contribution in [0.15, 0.2) is 69.5 Å². The van der Waals surface area contributed by atoms with E-state index in [1.54, 1.807) is 6.07 Å². The molecule has 0 radical (unpaired) electrons. The van der Waals surface area contributed by atoms with Crippen molar-refractivity contribution < 1.29 is 19.1 Å². The first-order valence-corrected chi connectivity index (χ1v) is 13.2. The van der Waals surface area contributed by atoms with E-state index < -0.39 is 0 Å². The van der Waals surface area contributed by atoms with E-state index >= 15 is 0 Å². The number of nitrogens with zero attached hydrogens (tertiary/aromatic N) is 1. The molecule has 1 heterocycles. The summed E-state index contributed by atoms with van der Waals surface area (Å²) in [4.78, 5) is 40.8. The number of ether oxygens (including phenoxy) is 1.